The van der Waals surface area contributed by atoms with Crippen LogP contribution in [0.15, 0.2) is 42.5 Å². The Morgan fingerprint density at radius 2 is 1.70 bits per heavy atom. The molecule has 0 bridgehead atoms. The topological polar surface area (TPSA) is 53.7 Å². The predicted molar refractivity (Wildman–Crippen MR) is 120 cm³/mol. The molecular weight excluding hydrogens is 372 g/mol. The molecular formula is C25H32N4O. The quantitative estimate of drug-likeness (QED) is 0.830. The largest absolute Gasteiger partial charge is 0.392 e. The van der Waals surface area contributed by atoms with Crippen molar-refractivity contribution in [3.63, 3.8) is 0 Å². The SMILES string of the molecule is CN1CCCN(Cc2ccc(-c3ccc(CN4CCC(O)C4)cc3)c(C#N)c2)CC1. The van der Waals surface area contributed by atoms with E-state index in [0.29, 0.717) is 0 Å². The van der Waals surface area contributed by atoms with Crippen LogP contribution in [-0.2, 0) is 13.1 Å². The molecule has 0 amide bonds. The molecule has 1 atom stereocenters. The number of aliphatic hydroxyl groups excluding tert-OH is 1. The van der Waals surface area contributed by atoms with Crippen LogP contribution in [0, 0.1) is 11.3 Å². The number of rotatable bonds is 5. The molecule has 0 saturated carbocycles. The molecule has 1 unspecified atom stereocenters. The molecule has 0 spiro atoms. The molecule has 5 heteroatoms. The Morgan fingerprint density at radius 3 is 2.43 bits per heavy atom. The Hall–Kier alpha value is -2.23. The van der Waals surface area contributed by atoms with Crippen molar-refractivity contribution < 1.29 is 5.11 Å². The number of β-amino-alcohol motifs (C(OH)–C–C–N with tert-alkyl or cyclic N) is 1. The lowest BCUT2D eigenvalue weighted by Crippen LogP contribution is -2.28. The minimum absolute atomic E-state index is 0.184. The van der Waals surface area contributed by atoms with Crippen molar-refractivity contribution in [2.45, 2.75) is 32.0 Å². The van der Waals surface area contributed by atoms with Crippen LogP contribution in [0.2, 0.25) is 0 Å². The van der Waals surface area contributed by atoms with Gasteiger partial charge in [-0.25, -0.2) is 0 Å². The van der Waals surface area contributed by atoms with E-state index in [1.165, 1.54) is 17.5 Å². The van der Waals surface area contributed by atoms with Gasteiger partial charge in [-0.15, -0.1) is 0 Å². The highest BCUT2D eigenvalue weighted by molar-refractivity contribution is 5.71. The van der Waals surface area contributed by atoms with Crippen molar-refractivity contribution in [2.75, 3.05) is 46.3 Å². The third-order valence-corrected chi connectivity index (χ3v) is 6.34. The zero-order valence-corrected chi connectivity index (χ0v) is 17.9. The molecule has 2 heterocycles. The fourth-order valence-corrected chi connectivity index (χ4v) is 4.55. The van der Waals surface area contributed by atoms with Crippen LogP contribution < -0.4 is 0 Å². The summed E-state index contributed by atoms with van der Waals surface area (Å²) in [5.41, 5.74) is 5.28. The van der Waals surface area contributed by atoms with Gasteiger partial charge < -0.3 is 10.0 Å². The van der Waals surface area contributed by atoms with Crippen LogP contribution in [0.3, 0.4) is 0 Å². The number of hydrogen-bond acceptors (Lipinski definition) is 5. The molecule has 2 saturated heterocycles. The van der Waals surface area contributed by atoms with Crippen molar-refractivity contribution in [1.82, 2.24) is 14.7 Å². The third kappa shape index (κ3) is 5.27. The summed E-state index contributed by atoms with van der Waals surface area (Å²) in [6.07, 6.45) is 1.88. The lowest BCUT2D eigenvalue weighted by molar-refractivity contribution is 0.175. The van der Waals surface area contributed by atoms with Gasteiger partial charge in [-0.1, -0.05) is 36.4 Å². The van der Waals surface area contributed by atoms with Gasteiger partial charge in [0.2, 0.25) is 0 Å². The van der Waals surface area contributed by atoms with Gasteiger partial charge in [-0.3, -0.25) is 9.80 Å². The molecule has 5 nitrogen and oxygen atoms in total. The smallest absolute Gasteiger partial charge is 0.0998 e. The summed E-state index contributed by atoms with van der Waals surface area (Å²) in [6.45, 7) is 7.94. The predicted octanol–water partition coefficient (Wildman–Crippen LogP) is 2.93. The summed E-state index contributed by atoms with van der Waals surface area (Å²) in [4.78, 5) is 7.17. The molecule has 30 heavy (non-hydrogen) atoms. The van der Waals surface area contributed by atoms with E-state index in [9.17, 15) is 10.4 Å². The minimum Gasteiger partial charge on any atom is -0.392 e. The molecule has 1 N–H and O–H groups in total. The molecule has 2 aromatic carbocycles. The summed E-state index contributed by atoms with van der Waals surface area (Å²) >= 11 is 0. The highest BCUT2D eigenvalue weighted by atomic mass is 16.3. The van der Waals surface area contributed by atoms with Crippen LogP contribution in [0.4, 0.5) is 0 Å². The number of nitriles is 1. The number of hydrogen-bond donors (Lipinski definition) is 1. The molecule has 2 aliphatic heterocycles. The number of aliphatic hydroxyl groups is 1. The first-order valence-electron chi connectivity index (χ1n) is 11.0. The van der Waals surface area contributed by atoms with Crippen molar-refractivity contribution in [2.24, 2.45) is 0 Å². The molecule has 0 aliphatic carbocycles. The van der Waals surface area contributed by atoms with Gasteiger partial charge in [0.15, 0.2) is 0 Å². The van der Waals surface area contributed by atoms with Crippen LogP contribution in [0.25, 0.3) is 11.1 Å². The van der Waals surface area contributed by atoms with E-state index >= 15 is 0 Å². The molecule has 2 fully saturated rings. The van der Waals surface area contributed by atoms with Crippen LogP contribution >= 0.6 is 0 Å². The second-order valence-electron chi connectivity index (χ2n) is 8.80. The second kappa shape index (κ2) is 9.72. The third-order valence-electron chi connectivity index (χ3n) is 6.34. The van der Waals surface area contributed by atoms with Gasteiger partial charge in [0.25, 0.3) is 0 Å². The van der Waals surface area contributed by atoms with E-state index in [1.54, 1.807) is 0 Å². The zero-order chi connectivity index (χ0) is 20.9. The zero-order valence-electron chi connectivity index (χ0n) is 17.9. The fraction of sp³-hybridized carbons (Fsp3) is 0.480. The Labute approximate surface area is 180 Å². The summed E-state index contributed by atoms with van der Waals surface area (Å²) < 4.78 is 0. The van der Waals surface area contributed by atoms with Gasteiger partial charge in [0, 0.05) is 39.3 Å². The second-order valence-corrected chi connectivity index (χ2v) is 8.80. The first-order valence-corrected chi connectivity index (χ1v) is 11.0. The average Bonchev–Trinajstić information content (AvgIpc) is 3.05. The summed E-state index contributed by atoms with van der Waals surface area (Å²) in [5, 5.41) is 19.5. The van der Waals surface area contributed by atoms with Gasteiger partial charge in [-0.05, 0) is 61.3 Å². The molecule has 4 rings (SSSR count). The van der Waals surface area contributed by atoms with Crippen molar-refractivity contribution >= 4 is 0 Å². The molecule has 0 radical (unpaired) electrons. The van der Waals surface area contributed by atoms with E-state index in [-0.39, 0.29) is 6.10 Å². The van der Waals surface area contributed by atoms with Crippen LogP contribution in [0.5, 0.6) is 0 Å². The monoisotopic (exact) mass is 404 g/mol. The first kappa shape index (κ1) is 21.0. The number of benzene rings is 2. The Morgan fingerprint density at radius 1 is 0.933 bits per heavy atom. The van der Waals surface area contributed by atoms with E-state index in [1.807, 2.05) is 0 Å². The van der Waals surface area contributed by atoms with Crippen LogP contribution in [0.1, 0.15) is 29.5 Å². The van der Waals surface area contributed by atoms with Gasteiger partial charge in [-0.2, -0.15) is 5.26 Å². The maximum Gasteiger partial charge on any atom is 0.0998 e. The maximum absolute atomic E-state index is 9.76. The van der Waals surface area contributed by atoms with E-state index in [4.69, 9.17) is 0 Å². The number of nitrogens with zero attached hydrogens (tertiary/aromatic N) is 4. The highest BCUT2D eigenvalue weighted by Gasteiger charge is 2.20. The van der Waals surface area contributed by atoms with Crippen molar-refractivity contribution in [3.05, 3.63) is 59.2 Å². The summed E-state index contributed by atoms with van der Waals surface area (Å²) in [6, 6.07) is 17.2. The maximum atomic E-state index is 9.76. The van der Waals surface area contributed by atoms with Gasteiger partial charge in [0.05, 0.1) is 17.7 Å². The van der Waals surface area contributed by atoms with Gasteiger partial charge >= 0.3 is 0 Å². The Kier molecular flexibility index (Phi) is 6.81. The Bertz CT molecular complexity index is 889. The molecule has 2 aromatic rings. The van der Waals surface area contributed by atoms with Crippen LogP contribution in [-0.4, -0.2) is 72.2 Å². The first-order chi connectivity index (χ1) is 14.6. The average molecular weight is 405 g/mol. The number of likely N-dealkylation sites (tertiary alicyclic amines) is 1. The Balaban J connectivity index is 1.44. The van der Waals surface area contributed by atoms with E-state index in [2.05, 4.69) is 70.3 Å². The molecule has 0 aromatic heterocycles. The summed E-state index contributed by atoms with van der Waals surface area (Å²) in [5.74, 6) is 0. The van der Waals surface area contributed by atoms with Gasteiger partial charge in [0.1, 0.15) is 0 Å². The summed E-state index contributed by atoms with van der Waals surface area (Å²) in [7, 11) is 2.19. The minimum atomic E-state index is -0.184. The molecule has 158 valence electrons. The fourth-order valence-electron chi connectivity index (χ4n) is 4.55. The van der Waals surface area contributed by atoms with Crippen molar-refractivity contribution in [1.29, 1.82) is 5.26 Å². The van der Waals surface area contributed by atoms with E-state index < -0.39 is 0 Å². The number of likely N-dealkylation sites (N-methyl/N-ethyl adjacent to an activating group) is 1. The standard InChI is InChI=1S/C25H32N4O/c1-27-10-2-11-28(14-13-27)18-21-5-8-25(23(15-21)16-26)22-6-3-20(4-7-22)17-29-12-9-24(30)19-29/h3-8,15,24,30H,2,9-14,17-19H2,1H3. The normalized spacial score (nSPS) is 21.4. The molecule has 2 aliphatic rings. The lowest BCUT2D eigenvalue weighted by atomic mass is 9.97. The van der Waals surface area contributed by atoms with E-state index in [0.717, 1.165) is 75.5 Å². The lowest BCUT2D eigenvalue weighted by Gasteiger charge is -2.20. The highest BCUT2D eigenvalue weighted by Crippen LogP contribution is 2.26. The van der Waals surface area contributed by atoms with Crippen molar-refractivity contribution in [3.8, 4) is 17.2 Å².